The normalized spacial score (nSPS) is 13.3. The van der Waals surface area contributed by atoms with E-state index in [0.29, 0.717) is 6.54 Å². The number of amides is 1. The van der Waals surface area contributed by atoms with Crippen LogP contribution in [0.2, 0.25) is 0 Å². The lowest BCUT2D eigenvalue weighted by Gasteiger charge is -2.34. The summed E-state index contributed by atoms with van der Waals surface area (Å²) in [6, 6.07) is 22.6. The standard InChI is InChI=1S/C28H35N3O5S/c1-21-11-13-25(14-12-21)37(34,35)31(16-15-28(29)33)26(18-22-7-4-3-5-8-22)27(32)20-30-19-23-9-6-10-24(17-23)36-2/h3-14,17,26-27,30,32H,15-16,18-20H2,1-2H3,(H2,29,33)/t26-,27+/m0/s1. The van der Waals surface area contributed by atoms with Gasteiger partial charge in [0.2, 0.25) is 15.9 Å². The molecule has 3 rings (SSSR count). The monoisotopic (exact) mass is 525 g/mol. The molecule has 198 valence electrons. The first-order valence-electron chi connectivity index (χ1n) is 12.1. The number of hydrogen-bond acceptors (Lipinski definition) is 6. The number of aliphatic hydroxyl groups excluding tert-OH is 1. The lowest BCUT2D eigenvalue weighted by molar-refractivity contribution is -0.118. The average molecular weight is 526 g/mol. The number of ether oxygens (including phenoxy) is 1. The number of aliphatic hydroxyl groups is 1. The van der Waals surface area contributed by atoms with Crippen molar-refractivity contribution in [1.29, 1.82) is 0 Å². The van der Waals surface area contributed by atoms with Crippen molar-refractivity contribution in [2.24, 2.45) is 5.73 Å². The molecule has 4 N–H and O–H groups in total. The molecule has 0 aliphatic rings. The summed E-state index contributed by atoms with van der Waals surface area (Å²) in [5, 5.41) is 14.5. The Kier molecular flexibility index (Phi) is 10.2. The van der Waals surface area contributed by atoms with Crippen LogP contribution in [0.4, 0.5) is 0 Å². The predicted octanol–water partition coefficient (Wildman–Crippen LogP) is 2.63. The smallest absolute Gasteiger partial charge is 0.243 e. The van der Waals surface area contributed by atoms with Crippen LogP contribution in [0.25, 0.3) is 0 Å². The molecule has 0 aromatic heterocycles. The SMILES string of the molecule is COc1cccc(CNC[C@@H](O)[C@H](Cc2ccccc2)N(CCC(N)=O)S(=O)(=O)c2ccc(C)cc2)c1. The van der Waals surface area contributed by atoms with Crippen molar-refractivity contribution in [3.8, 4) is 5.75 Å². The molecule has 8 nitrogen and oxygen atoms in total. The van der Waals surface area contributed by atoms with Gasteiger partial charge in [0.25, 0.3) is 0 Å². The number of rotatable bonds is 14. The molecule has 0 fully saturated rings. The number of hydrogen-bond donors (Lipinski definition) is 3. The van der Waals surface area contributed by atoms with E-state index in [1.165, 1.54) is 16.4 Å². The molecule has 0 unspecified atom stereocenters. The van der Waals surface area contributed by atoms with Crippen LogP contribution in [0.5, 0.6) is 5.75 Å². The Balaban J connectivity index is 1.89. The largest absolute Gasteiger partial charge is 0.497 e. The third-order valence-corrected chi connectivity index (χ3v) is 8.06. The van der Waals surface area contributed by atoms with Gasteiger partial charge >= 0.3 is 0 Å². The van der Waals surface area contributed by atoms with Crippen LogP contribution >= 0.6 is 0 Å². The van der Waals surface area contributed by atoms with Crippen LogP contribution in [0.15, 0.2) is 83.8 Å². The van der Waals surface area contributed by atoms with Crippen LogP contribution in [0.1, 0.15) is 23.1 Å². The molecule has 1 amide bonds. The molecule has 0 saturated heterocycles. The van der Waals surface area contributed by atoms with Crippen molar-refractivity contribution in [3.63, 3.8) is 0 Å². The second kappa shape index (κ2) is 13.3. The number of carbonyl (C=O) groups excluding carboxylic acids is 1. The summed E-state index contributed by atoms with van der Waals surface area (Å²) in [5.41, 5.74) is 8.14. The van der Waals surface area contributed by atoms with E-state index >= 15 is 0 Å². The number of nitrogens with zero attached hydrogens (tertiary/aromatic N) is 1. The summed E-state index contributed by atoms with van der Waals surface area (Å²) in [6.07, 6.45) is -0.980. The van der Waals surface area contributed by atoms with Crippen molar-refractivity contribution in [2.45, 2.75) is 43.4 Å². The Bertz CT molecular complexity index is 1250. The van der Waals surface area contributed by atoms with E-state index < -0.39 is 28.1 Å². The van der Waals surface area contributed by atoms with E-state index in [0.717, 1.165) is 22.4 Å². The zero-order chi connectivity index (χ0) is 26.8. The van der Waals surface area contributed by atoms with Crippen molar-refractivity contribution >= 4 is 15.9 Å². The Hall–Kier alpha value is -3.24. The summed E-state index contributed by atoms with van der Waals surface area (Å²) in [6.45, 7) is 2.32. The van der Waals surface area contributed by atoms with Gasteiger partial charge in [0.1, 0.15) is 5.75 Å². The van der Waals surface area contributed by atoms with Crippen molar-refractivity contribution in [3.05, 3.63) is 95.6 Å². The van der Waals surface area contributed by atoms with Crippen molar-refractivity contribution in [1.82, 2.24) is 9.62 Å². The van der Waals surface area contributed by atoms with Gasteiger partial charge in [0.15, 0.2) is 0 Å². The molecule has 0 aliphatic carbocycles. The van der Waals surface area contributed by atoms with Gasteiger partial charge in [-0.05, 0) is 48.7 Å². The minimum absolute atomic E-state index is 0.0946. The molecule has 0 bridgehead atoms. The first-order valence-corrected chi connectivity index (χ1v) is 13.6. The van der Waals surface area contributed by atoms with Crippen LogP contribution in [0.3, 0.4) is 0 Å². The van der Waals surface area contributed by atoms with Crippen molar-refractivity contribution < 1.29 is 23.1 Å². The number of nitrogens with two attached hydrogens (primary N) is 1. The Morgan fingerprint density at radius 1 is 1.03 bits per heavy atom. The molecular weight excluding hydrogens is 490 g/mol. The van der Waals surface area contributed by atoms with Gasteiger partial charge < -0.3 is 20.9 Å². The number of sulfonamides is 1. The number of methoxy groups -OCH3 is 1. The number of carbonyl (C=O) groups is 1. The highest BCUT2D eigenvalue weighted by Gasteiger charge is 2.35. The van der Waals surface area contributed by atoms with Gasteiger partial charge in [0, 0.05) is 26.1 Å². The molecule has 9 heteroatoms. The first-order chi connectivity index (χ1) is 17.7. The molecule has 2 atom stereocenters. The maximum Gasteiger partial charge on any atom is 0.243 e. The fourth-order valence-electron chi connectivity index (χ4n) is 4.10. The quantitative estimate of drug-likeness (QED) is 0.297. The number of benzene rings is 3. The zero-order valence-electron chi connectivity index (χ0n) is 21.2. The predicted molar refractivity (Wildman–Crippen MR) is 144 cm³/mol. The van der Waals surface area contributed by atoms with Gasteiger partial charge in [-0.25, -0.2) is 8.42 Å². The average Bonchev–Trinajstić information content (AvgIpc) is 2.88. The van der Waals surface area contributed by atoms with E-state index in [2.05, 4.69) is 5.32 Å². The van der Waals surface area contributed by atoms with E-state index in [4.69, 9.17) is 10.5 Å². The lowest BCUT2D eigenvalue weighted by Crippen LogP contribution is -2.52. The highest BCUT2D eigenvalue weighted by molar-refractivity contribution is 7.89. The van der Waals surface area contributed by atoms with E-state index in [1.807, 2.05) is 61.5 Å². The zero-order valence-corrected chi connectivity index (χ0v) is 22.0. The molecule has 3 aromatic rings. The molecular formula is C28H35N3O5S. The molecule has 37 heavy (non-hydrogen) atoms. The van der Waals surface area contributed by atoms with E-state index in [1.54, 1.807) is 19.2 Å². The Labute approximate surface area is 219 Å². The second-order valence-corrected chi connectivity index (χ2v) is 10.8. The summed E-state index contributed by atoms with van der Waals surface area (Å²) in [7, 11) is -2.45. The molecule has 0 heterocycles. The molecule has 0 spiro atoms. The first kappa shape index (κ1) is 28.3. The van der Waals surface area contributed by atoms with Gasteiger partial charge in [-0.1, -0.05) is 60.2 Å². The van der Waals surface area contributed by atoms with E-state index in [-0.39, 0.29) is 30.8 Å². The number of primary amides is 1. The fraction of sp³-hybridized carbons (Fsp3) is 0.321. The molecule has 0 radical (unpaired) electrons. The Morgan fingerprint density at radius 2 is 1.70 bits per heavy atom. The van der Waals surface area contributed by atoms with Crippen LogP contribution < -0.4 is 15.8 Å². The maximum atomic E-state index is 13.8. The van der Waals surface area contributed by atoms with Crippen LogP contribution in [-0.4, -0.2) is 56.1 Å². The summed E-state index contributed by atoms with van der Waals surface area (Å²) in [4.78, 5) is 11.8. The Morgan fingerprint density at radius 3 is 2.35 bits per heavy atom. The van der Waals surface area contributed by atoms with E-state index in [9.17, 15) is 18.3 Å². The topological polar surface area (TPSA) is 122 Å². The minimum Gasteiger partial charge on any atom is -0.497 e. The number of aryl methyl sites for hydroxylation is 1. The minimum atomic E-state index is -4.04. The van der Waals surface area contributed by atoms with Crippen LogP contribution in [0, 0.1) is 6.92 Å². The third-order valence-electron chi connectivity index (χ3n) is 6.12. The molecule has 0 saturated carbocycles. The van der Waals surface area contributed by atoms with Gasteiger partial charge in [-0.3, -0.25) is 4.79 Å². The van der Waals surface area contributed by atoms with Gasteiger partial charge in [-0.2, -0.15) is 4.31 Å². The van der Waals surface area contributed by atoms with Gasteiger partial charge in [0.05, 0.1) is 24.2 Å². The van der Waals surface area contributed by atoms with Crippen molar-refractivity contribution in [2.75, 3.05) is 20.2 Å². The summed E-state index contributed by atoms with van der Waals surface area (Å²) < 4.78 is 34.1. The molecule has 0 aliphatic heterocycles. The second-order valence-electron chi connectivity index (χ2n) is 8.95. The van der Waals surface area contributed by atoms with Crippen LogP contribution in [-0.2, 0) is 27.8 Å². The lowest BCUT2D eigenvalue weighted by atomic mass is 10.0. The fourth-order valence-corrected chi connectivity index (χ4v) is 5.75. The maximum absolute atomic E-state index is 13.8. The van der Waals surface area contributed by atoms with Gasteiger partial charge in [-0.15, -0.1) is 0 Å². The third kappa shape index (κ3) is 8.13. The summed E-state index contributed by atoms with van der Waals surface area (Å²) >= 11 is 0. The molecule has 3 aromatic carbocycles. The highest BCUT2D eigenvalue weighted by atomic mass is 32.2. The number of nitrogens with one attached hydrogen (secondary N) is 1. The summed E-state index contributed by atoms with van der Waals surface area (Å²) in [5.74, 6) is 0.108. The highest BCUT2D eigenvalue weighted by Crippen LogP contribution is 2.24.